The van der Waals surface area contributed by atoms with E-state index in [9.17, 15) is 9.90 Å². The number of nitrogens with zero attached hydrogens (tertiary/aromatic N) is 1. The fraction of sp³-hybridized carbons (Fsp3) is 0.304. The van der Waals surface area contributed by atoms with Gasteiger partial charge in [0.2, 0.25) is 0 Å². The van der Waals surface area contributed by atoms with Crippen LogP contribution in [0.2, 0.25) is 0 Å². The van der Waals surface area contributed by atoms with E-state index >= 15 is 0 Å². The van der Waals surface area contributed by atoms with Crippen LogP contribution in [0.5, 0.6) is 0 Å². The van der Waals surface area contributed by atoms with E-state index in [2.05, 4.69) is 10.3 Å². The van der Waals surface area contributed by atoms with Gasteiger partial charge in [0.15, 0.2) is 0 Å². The van der Waals surface area contributed by atoms with Gasteiger partial charge in [0.05, 0.1) is 17.7 Å². The zero-order valence-corrected chi connectivity index (χ0v) is 16.1. The number of amides is 1. The van der Waals surface area contributed by atoms with Crippen LogP contribution in [-0.4, -0.2) is 29.1 Å². The number of carbonyl (C=O) groups is 1. The molecule has 0 unspecified atom stereocenters. The van der Waals surface area contributed by atoms with Crippen LogP contribution < -0.4 is 5.32 Å². The van der Waals surface area contributed by atoms with Crippen molar-refractivity contribution in [3.63, 3.8) is 0 Å². The lowest BCUT2D eigenvalue weighted by Crippen LogP contribution is -2.39. The number of pyridine rings is 1. The van der Waals surface area contributed by atoms with Gasteiger partial charge in [-0.25, -0.2) is 0 Å². The summed E-state index contributed by atoms with van der Waals surface area (Å²) in [4.78, 5) is 17.4. The number of rotatable bonds is 6. The SMILES string of the molecule is Cc1ccc2nc(C)cc(C(=O)NC[C@@](C)(CO)Cc3ccccc3)c2c1. The van der Waals surface area contributed by atoms with Gasteiger partial charge in [-0.05, 0) is 44.0 Å². The Morgan fingerprint density at radius 1 is 1.11 bits per heavy atom. The van der Waals surface area contributed by atoms with E-state index in [1.807, 2.05) is 75.4 Å². The van der Waals surface area contributed by atoms with Crippen LogP contribution in [0.25, 0.3) is 10.9 Å². The van der Waals surface area contributed by atoms with Gasteiger partial charge < -0.3 is 10.4 Å². The summed E-state index contributed by atoms with van der Waals surface area (Å²) in [5.41, 5.74) is 4.06. The van der Waals surface area contributed by atoms with E-state index < -0.39 is 5.41 Å². The molecule has 0 aliphatic heterocycles. The first-order chi connectivity index (χ1) is 12.9. The Labute approximate surface area is 160 Å². The van der Waals surface area contributed by atoms with Crippen LogP contribution in [0.1, 0.15) is 34.1 Å². The number of fused-ring (bicyclic) bond motifs is 1. The Bertz CT molecular complexity index is 953. The molecule has 4 heteroatoms. The van der Waals surface area contributed by atoms with Crippen LogP contribution >= 0.6 is 0 Å². The highest BCUT2D eigenvalue weighted by molar-refractivity contribution is 6.06. The summed E-state index contributed by atoms with van der Waals surface area (Å²) < 4.78 is 0. The summed E-state index contributed by atoms with van der Waals surface area (Å²) in [5, 5.41) is 13.8. The maximum atomic E-state index is 12.9. The zero-order chi connectivity index (χ0) is 19.4. The Morgan fingerprint density at radius 2 is 1.85 bits per heavy atom. The third-order valence-corrected chi connectivity index (χ3v) is 4.87. The quantitative estimate of drug-likeness (QED) is 0.701. The predicted molar refractivity (Wildman–Crippen MR) is 109 cm³/mol. The molecule has 27 heavy (non-hydrogen) atoms. The first-order valence-electron chi connectivity index (χ1n) is 9.21. The third kappa shape index (κ3) is 4.52. The van der Waals surface area contributed by atoms with Crippen LogP contribution in [0, 0.1) is 19.3 Å². The van der Waals surface area contributed by atoms with Gasteiger partial charge in [0.25, 0.3) is 5.91 Å². The fourth-order valence-corrected chi connectivity index (χ4v) is 3.31. The van der Waals surface area contributed by atoms with Crippen molar-refractivity contribution in [1.29, 1.82) is 0 Å². The van der Waals surface area contributed by atoms with Crippen molar-refractivity contribution >= 4 is 16.8 Å². The zero-order valence-electron chi connectivity index (χ0n) is 16.1. The van der Waals surface area contributed by atoms with Gasteiger partial charge in [-0.2, -0.15) is 0 Å². The van der Waals surface area contributed by atoms with Crippen LogP contribution in [0.3, 0.4) is 0 Å². The summed E-state index contributed by atoms with van der Waals surface area (Å²) in [5.74, 6) is -0.135. The topological polar surface area (TPSA) is 62.2 Å². The smallest absolute Gasteiger partial charge is 0.252 e. The van der Waals surface area contributed by atoms with E-state index in [4.69, 9.17) is 0 Å². The van der Waals surface area contributed by atoms with Gasteiger partial charge in [-0.1, -0.05) is 48.9 Å². The van der Waals surface area contributed by atoms with E-state index in [0.717, 1.165) is 27.7 Å². The Morgan fingerprint density at radius 3 is 2.56 bits per heavy atom. The second kappa shape index (κ2) is 7.89. The van der Waals surface area contributed by atoms with Crippen LogP contribution in [0.4, 0.5) is 0 Å². The molecule has 3 rings (SSSR count). The molecule has 140 valence electrons. The van der Waals surface area contributed by atoms with Crippen molar-refractivity contribution in [2.24, 2.45) is 5.41 Å². The maximum Gasteiger partial charge on any atom is 0.252 e. The molecule has 0 spiro atoms. The molecule has 1 atom stereocenters. The number of hydrogen-bond acceptors (Lipinski definition) is 3. The number of aryl methyl sites for hydroxylation is 2. The van der Waals surface area contributed by atoms with Gasteiger partial charge in [-0.15, -0.1) is 0 Å². The summed E-state index contributed by atoms with van der Waals surface area (Å²) in [7, 11) is 0. The number of nitrogens with one attached hydrogen (secondary N) is 1. The summed E-state index contributed by atoms with van der Waals surface area (Å²) in [6, 6.07) is 17.8. The lowest BCUT2D eigenvalue weighted by atomic mass is 9.84. The normalized spacial score (nSPS) is 13.3. The molecular formula is C23H26N2O2. The molecule has 0 fully saturated rings. The number of carbonyl (C=O) groups excluding carboxylic acids is 1. The molecule has 2 N–H and O–H groups in total. The van der Waals surface area contributed by atoms with Crippen molar-refractivity contribution in [3.8, 4) is 0 Å². The molecule has 0 aliphatic rings. The molecular weight excluding hydrogens is 336 g/mol. The molecule has 4 nitrogen and oxygen atoms in total. The molecule has 0 saturated carbocycles. The van der Waals surface area contributed by atoms with Gasteiger partial charge in [0, 0.05) is 23.0 Å². The van der Waals surface area contributed by atoms with Crippen LogP contribution in [-0.2, 0) is 6.42 Å². The molecule has 1 heterocycles. The van der Waals surface area contributed by atoms with E-state index in [1.165, 1.54) is 0 Å². The molecule has 0 saturated heterocycles. The highest BCUT2D eigenvalue weighted by Gasteiger charge is 2.25. The van der Waals surface area contributed by atoms with Crippen molar-refractivity contribution in [2.45, 2.75) is 27.2 Å². The average molecular weight is 362 g/mol. The molecule has 3 aromatic rings. The van der Waals surface area contributed by atoms with E-state index in [-0.39, 0.29) is 12.5 Å². The fourth-order valence-electron chi connectivity index (χ4n) is 3.31. The highest BCUT2D eigenvalue weighted by Crippen LogP contribution is 2.23. The summed E-state index contributed by atoms with van der Waals surface area (Å²) in [6.45, 7) is 6.27. The Hall–Kier alpha value is -2.72. The second-order valence-corrected chi connectivity index (χ2v) is 7.65. The molecule has 2 aromatic carbocycles. The van der Waals surface area contributed by atoms with Crippen molar-refractivity contribution in [2.75, 3.05) is 13.2 Å². The van der Waals surface area contributed by atoms with Gasteiger partial charge in [0.1, 0.15) is 0 Å². The first-order valence-corrected chi connectivity index (χ1v) is 9.21. The van der Waals surface area contributed by atoms with Gasteiger partial charge >= 0.3 is 0 Å². The number of aliphatic hydroxyl groups is 1. The Kier molecular flexibility index (Phi) is 5.57. The largest absolute Gasteiger partial charge is 0.396 e. The van der Waals surface area contributed by atoms with Crippen molar-refractivity contribution < 1.29 is 9.90 Å². The van der Waals surface area contributed by atoms with Crippen molar-refractivity contribution in [3.05, 3.63) is 77.0 Å². The predicted octanol–water partition coefficient (Wildman–Crippen LogP) is 3.82. The standard InChI is InChI=1S/C23H26N2O2/c1-16-9-10-21-19(11-16)20(12-17(2)25-21)22(27)24-14-23(3,15-26)13-18-7-5-4-6-8-18/h4-12,26H,13-15H2,1-3H3,(H,24,27)/t23-/m0/s1. The van der Waals surface area contributed by atoms with E-state index in [1.54, 1.807) is 0 Å². The third-order valence-electron chi connectivity index (χ3n) is 4.87. The van der Waals surface area contributed by atoms with Crippen molar-refractivity contribution in [1.82, 2.24) is 10.3 Å². The number of aromatic nitrogens is 1. The molecule has 0 aliphatic carbocycles. The maximum absolute atomic E-state index is 12.9. The minimum absolute atomic E-state index is 0.00258. The van der Waals surface area contributed by atoms with Crippen LogP contribution in [0.15, 0.2) is 54.6 Å². The summed E-state index contributed by atoms with van der Waals surface area (Å²) >= 11 is 0. The minimum atomic E-state index is -0.426. The molecule has 1 aromatic heterocycles. The summed E-state index contributed by atoms with van der Waals surface area (Å²) in [6.07, 6.45) is 0.694. The molecule has 0 radical (unpaired) electrons. The average Bonchev–Trinajstić information content (AvgIpc) is 2.66. The second-order valence-electron chi connectivity index (χ2n) is 7.65. The highest BCUT2D eigenvalue weighted by atomic mass is 16.3. The number of hydrogen-bond donors (Lipinski definition) is 2. The number of benzene rings is 2. The molecule has 0 bridgehead atoms. The monoisotopic (exact) mass is 362 g/mol. The number of aliphatic hydroxyl groups excluding tert-OH is 1. The lowest BCUT2D eigenvalue weighted by molar-refractivity contribution is 0.0896. The minimum Gasteiger partial charge on any atom is -0.396 e. The first kappa shape index (κ1) is 19.1. The van der Waals surface area contributed by atoms with E-state index in [0.29, 0.717) is 18.5 Å². The van der Waals surface area contributed by atoms with Gasteiger partial charge in [-0.3, -0.25) is 9.78 Å². The Balaban J connectivity index is 1.80. The molecule has 1 amide bonds. The lowest BCUT2D eigenvalue weighted by Gasteiger charge is -2.28.